The zero-order chi connectivity index (χ0) is 9.03. The molecule has 0 aliphatic carbocycles. The maximum Gasteiger partial charge on any atom is 0.158 e. The minimum absolute atomic E-state index is 0.00972. The van der Waals surface area contributed by atoms with E-state index in [2.05, 4.69) is 20.8 Å². The van der Waals surface area contributed by atoms with Crippen LogP contribution in [0.3, 0.4) is 0 Å². The van der Waals surface area contributed by atoms with E-state index in [4.69, 9.17) is 9.47 Å². The van der Waals surface area contributed by atoms with Gasteiger partial charge in [0.15, 0.2) is 6.29 Å². The van der Waals surface area contributed by atoms with Crippen LogP contribution in [0.2, 0.25) is 0 Å². The van der Waals surface area contributed by atoms with Crippen molar-refractivity contribution in [2.24, 2.45) is 0 Å². The molecule has 0 bridgehead atoms. The molecule has 0 saturated carbocycles. The van der Waals surface area contributed by atoms with Gasteiger partial charge in [0, 0.05) is 6.61 Å². The predicted molar refractivity (Wildman–Crippen MR) is 48.7 cm³/mol. The summed E-state index contributed by atoms with van der Waals surface area (Å²) in [6, 6.07) is 0. The van der Waals surface area contributed by atoms with Crippen LogP contribution in [-0.4, -0.2) is 18.5 Å². The third-order valence-electron chi connectivity index (χ3n) is 2.19. The number of hydrogen-bond donors (Lipinski definition) is 0. The fraction of sp³-hybridized carbons (Fsp3) is 0.900. The molecule has 2 heteroatoms. The van der Waals surface area contributed by atoms with E-state index in [1.54, 1.807) is 0 Å². The van der Waals surface area contributed by atoms with E-state index in [-0.39, 0.29) is 11.9 Å². The van der Waals surface area contributed by atoms with Crippen LogP contribution in [0.1, 0.15) is 39.5 Å². The van der Waals surface area contributed by atoms with Gasteiger partial charge in [0.1, 0.15) is 0 Å². The Morgan fingerprint density at radius 2 is 2.25 bits per heavy atom. The van der Waals surface area contributed by atoms with Crippen molar-refractivity contribution < 1.29 is 9.47 Å². The molecular formula is C10H19O2. The molecule has 0 spiro atoms. The SMILES string of the molecule is [CH2]CC(C)(C)OC1CCCCO1. The Hall–Kier alpha value is -0.0800. The van der Waals surface area contributed by atoms with E-state index in [1.165, 1.54) is 12.8 Å². The average Bonchev–Trinajstić information content (AvgIpc) is 2.06. The van der Waals surface area contributed by atoms with E-state index in [0.717, 1.165) is 19.4 Å². The van der Waals surface area contributed by atoms with Gasteiger partial charge in [-0.15, -0.1) is 0 Å². The highest BCUT2D eigenvalue weighted by Crippen LogP contribution is 2.22. The lowest BCUT2D eigenvalue weighted by Gasteiger charge is -2.31. The molecule has 12 heavy (non-hydrogen) atoms. The van der Waals surface area contributed by atoms with Crippen LogP contribution >= 0.6 is 0 Å². The summed E-state index contributed by atoms with van der Waals surface area (Å²) in [5, 5.41) is 0. The summed E-state index contributed by atoms with van der Waals surface area (Å²) in [7, 11) is 0. The summed E-state index contributed by atoms with van der Waals surface area (Å²) in [4.78, 5) is 0. The Morgan fingerprint density at radius 1 is 1.50 bits per heavy atom. The molecule has 1 aliphatic rings. The fourth-order valence-corrected chi connectivity index (χ4v) is 1.22. The third-order valence-corrected chi connectivity index (χ3v) is 2.19. The molecular weight excluding hydrogens is 152 g/mol. The molecule has 0 N–H and O–H groups in total. The second kappa shape index (κ2) is 4.24. The van der Waals surface area contributed by atoms with Gasteiger partial charge in [-0.2, -0.15) is 0 Å². The Kier molecular flexibility index (Phi) is 3.53. The molecule has 1 atom stereocenters. The topological polar surface area (TPSA) is 18.5 Å². The molecule has 1 heterocycles. The third kappa shape index (κ3) is 3.11. The molecule has 1 unspecified atom stereocenters. The first-order valence-corrected chi connectivity index (χ1v) is 4.73. The average molecular weight is 171 g/mol. The fourth-order valence-electron chi connectivity index (χ4n) is 1.22. The Labute approximate surface area is 75.2 Å². The van der Waals surface area contributed by atoms with E-state index in [1.807, 2.05) is 0 Å². The van der Waals surface area contributed by atoms with Crippen molar-refractivity contribution in [1.82, 2.24) is 0 Å². The molecule has 1 aliphatic heterocycles. The van der Waals surface area contributed by atoms with Gasteiger partial charge in [-0.25, -0.2) is 0 Å². The molecule has 1 fully saturated rings. The molecule has 1 saturated heterocycles. The second-order valence-corrected chi connectivity index (χ2v) is 3.92. The van der Waals surface area contributed by atoms with Crippen molar-refractivity contribution in [1.29, 1.82) is 0 Å². The number of ether oxygens (including phenoxy) is 2. The van der Waals surface area contributed by atoms with Gasteiger partial charge in [-0.3, -0.25) is 0 Å². The highest BCUT2D eigenvalue weighted by Gasteiger charge is 2.23. The van der Waals surface area contributed by atoms with Gasteiger partial charge in [-0.05, 0) is 39.5 Å². The van der Waals surface area contributed by atoms with Crippen LogP contribution in [0.4, 0.5) is 0 Å². The van der Waals surface area contributed by atoms with Crippen LogP contribution in [-0.2, 0) is 9.47 Å². The van der Waals surface area contributed by atoms with Crippen molar-refractivity contribution in [2.45, 2.75) is 51.4 Å². The van der Waals surface area contributed by atoms with Gasteiger partial charge in [0.05, 0.1) is 5.60 Å². The van der Waals surface area contributed by atoms with Crippen LogP contribution < -0.4 is 0 Å². The minimum atomic E-state index is -0.137. The zero-order valence-corrected chi connectivity index (χ0v) is 8.14. The molecule has 2 nitrogen and oxygen atoms in total. The van der Waals surface area contributed by atoms with Gasteiger partial charge in [0.2, 0.25) is 0 Å². The number of hydrogen-bond acceptors (Lipinski definition) is 2. The van der Waals surface area contributed by atoms with Crippen LogP contribution in [0, 0.1) is 6.92 Å². The maximum absolute atomic E-state index is 5.74. The highest BCUT2D eigenvalue weighted by molar-refractivity contribution is 4.71. The molecule has 1 rings (SSSR count). The van der Waals surface area contributed by atoms with E-state index < -0.39 is 0 Å². The molecule has 0 aromatic rings. The van der Waals surface area contributed by atoms with E-state index in [9.17, 15) is 0 Å². The largest absolute Gasteiger partial charge is 0.353 e. The lowest BCUT2D eigenvalue weighted by Crippen LogP contribution is -2.33. The van der Waals surface area contributed by atoms with Crippen molar-refractivity contribution in [3.05, 3.63) is 6.92 Å². The molecule has 0 amide bonds. The van der Waals surface area contributed by atoms with Crippen LogP contribution in [0.5, 0.6) is 0 Å². The van der Waals surface area contributed by atoms with Crippen molar-refractivity contribution >= 4 is 0 Å². The monoisotopic (exact) mass is 171 g/mol. The Morgan fingerprint density at radius 3 is 2.75 bits per heavy atom. The molecule has 0 aromatic carbocycles. The summed E-state index contributed by atoms with van der Waals surface area (Å²) in [5.74, 6) is 0. The first-order valence-electron chi connectivity index (χ1n) is 4.73. The smallest absolute Gasteiger partial charge is 0.158 e. The minimum Gasteiger partial charge on any atom is -0.353 e. The summed E-state index contributed by atoms with van der Waals surface area (Å²) >= 11 is 0. The van der Waals surface area contributed by atoms with Crippen LogP contribution in [0.15, 0.2) is 0 Å². The summed E-state index contributed by atoms with van der Waals surface area (Å²) < 4.78 is 11.2. The summed E-state index contributed by atoms with van der Waals surface area (Å²) in [6.45, 7) is 8.79. The first kappa shape index (κ1) is 10.0. The van der Waals surface area contributed by atoms with Crippen molar-refractivity contribution in [3.63, 3.8) is 0 Å². The maximum atomic E-state index is 5.74. The van der Waals surface area contributed by atoms with E-state index in [0.29, 0.717) is 0 Å². The van der Waals surface area contributed by atoms with Gasteiger partial charge < -0.3 is 9.47 Å². The lowest BCUT2D eigenvalue weighted by atomic mass is 10.1. The van der Waals surface area contributed by atoms with Crippen molar-refractivity contribution in [2.75, 3.05) is 6.61 Å². The number of rotatable bonds is 3. The Bertz CT molecular complexity index is 126. The molecule has 0 aromatic heterocycles. The standard InChI is InChI=1S/C10H19O2/c1-4-10(2,3)12-9-7-5-6-8-11-9/h9H,1,4-8H2,2-3H3. The second-order valence-electron chi connectivity index (χ2n) is 3.92. The summed E-state index contributed by atoms with van der Waals surface area (Å²) in [5.41, 5.74) is -0.137. The predicted octanol–water partition coefficient (Wildman–Crippen LogP) is 2.53. The van der Waals surface area contributed by atoms with Crippen molar-refractivity contribution in [3.8, 4) is 0 Å². The van der Waals surface area contributed by atoms with E-state index >= 15 is 0 Å². The summed E-state index contributed by atoms with van der Waals surface area (Å²) in [6.07, 6.45) is 4.22. The first-order chi connectivity index (χ1) is 5.64. The highest BCUT2D eigenvalue weighted by atomic mass is 16.7. The molecule has 71 valence electrons. The molecule has 1 radical (unpaired) electrons. The van der Waals surface area contributed by atoms with Crippen LogP contribution in [0.25, 0.3) is 0 Å². The van der Waals surface area contributed by atoms with Gasteiger partial charge in [0.25, 0.3) is 0 Å². The zero-order valence-electron chi connectivity index (χ0n) is 8.14. The van der Waals surface area contributed by atoms with Gasteiger partial charge in [-0.1, -0.05) is 6.92 Å². The normalized spacial score (nSPS) is 25.8. The Balaban J connectivity index is 2.28. The quantitative estimate of drug-likeness (QED) is 0.649. The lowest BCUT2D eigenvalue weighted by molar-refractivity contribution is -0.214. The van der Waals surface area contributed by atoms with Gasteiger partial charge >= 0.3 is 0 Å².